The van der Waals surface area contributed by atoms with Crippen LogP contribution in [0, 0.1) is 10.1 Å². The Labute approximate surface area is 124 Å². The van der Waals surface area contributed by atoms with Gasteiger partial charge in [-0.2, -0.15) is 0 Å². The zero-order valence-corrected chi connectivity index (χ0v) is 11.4. The van der Waals surface area contributed by atoms with Crippen LogP contribution in [0.4, 0.5) is 11.4 Å². The molecule has 5 nitrogen and oxygen atoms in total. The molecule has 0 unspecified atom stereocenters. The van der Waals surface area contributed by atoms with Gasteiger partial charge in [0.05, 0.1) is 15.6 Å². The van der Waals surface area contributed by atoms with E-state index in [1.165, 1.54) is 12.3 Å². The average Bonchev–Trinajstić information content (AvgIpc) is 2.40. The molecule has 20 heavy (non-hydrogen) atoms. The molecule has 0 radical (unpaired) electrons. The van der Waals surface area contributed by atoms with Crippen molar-refractivity contribution >= 4 is 40.8 Å². The van der Waals surface area contributed by atoms with Gasteiger partial charge in [-0.3, -0.25) is 15.1 Å². The highest BCUT2D eigenvalue weighted by atomic mass is 35.5. The lowest BCUT2D eigenvalue weighted by molar-refractivity contribution is -0.398. The molecule has 0 fully saturated rings. The Morgan fingerprint density at radius 1 is 1.20 bits per heavy atom. The molecule has 0 amide bonds. The van der Waals surface area contributed by atoms with E-state index in [0.29, 0.717) is 10.7 Å². The summed E-state index contributed by atoms with van der Waals surface area (Å²) in [5.74, 6) is -0.741. The van der Waals surface area contributed by atoms with Crippen molar-refractivity contribution in [3.63, 3.8) is 0 Å². The molecule has 0 bridgehead atoms. The predicted molar refractivity (Wildman–Crippen MR) is 76.3 cm³/mol. The van der Waals surface area contributed by atoms with E-state index in [1.807, 2.05) is 0 Å². The maximum Gasteiger partial charge on any atom is 0.263 e. The SMILES string of the molecule is O=[N+]([O-])c1cc(Cl)cc(C=Nc2ccccc2Cl)c1[O-]. The van der Waals surface area contributed by atoms with E-state index in [-0.39, 0.29) is 10.6 Å². The maximum atomic E-state index is 11.8. The Hall–Kier alpha value is -2.11. The number of para-hydroxylation sites is 1. The fraction of sp³-hybridized carbons (Fsp3) is 0. The van der Waals surface area contributed by atoms with Gasteiger partial charge in [-0.05, 0) is 29.5 Å². The van der Waals surface area contributed by atoms with Crippen LogP contribution in [0.25, 0.3) is 0 Å². The van der Waals surface area contributed by atoms with Crippen molar-refractivity contribution in [1.29, 1.82) is 0 Å². The summed E-state index contributed by atoms with van der Waals surface area (Å²) in [5, 5.41) is 23.1. The molecule has 102 valence electrons. The molecule has 0 aliphatic carbocycles. The largest absolute Gasteiger partial charge is 0.867 e. The number of nitro groups is 1. The molecular formula is C13H7Cl2N2O3-. The fourth-order valence-electron chi connectivity index (χ4n) is 1.53. The second-order valence-electron chi connectivity index (χ2n) is 3.81. The quantitative estimate of drug-likeness (QED) is 0.492. The average molecular weight is 310 g/mol. The molecule has 0 aromatic heterocycles. The Balaban J connectivity index is 2.44. The fourth-order valence-corrected chi connectivity index (χ4v) is 1.93. The topological polar surface area (TPSA) is 78.6 Å². The van der Waals surface area contributed by atoms with E-state index in [1.54, 1.807) is 24.3 Å². The number of halogens is 2. The Kier molecular flexibility index (Phi) is 4.22. The lowest BCUT2D eigenvalue weighted by atomic mass is 10.2. The Morgan fingerprint density at radius 3 is 2.55 bits per heavy atom. The van der Waals surface area contributed by atoms with Crippen LogP contribution in [0.2, 0.25) is 10.0 Å². The third-order valence-corrected chi connectivity index (χ3v) is 2.99. The minimum Gasteiger partial charge on any atom is -0.867 e. The molecule has 7 heteroatoms. The Morgan fingerprint density at radius 2 is 1.90 bits per heavy atom. The maximum absolute atomic E-state index is 11.8. The summed E-state index contributed by atoms with van der Waals surface area (Å²) in [6.07, 6.45) is 1.21. The van der Waals surface area contributed by atoms with E-state index >= 15 is 0 Å². The summed E-state index contributed by atoms with van der Waals surface area (Å²) < 4.78 is 0. The molecule has 0 saturated carbocycles. The van der Waals surface area contributed by atoms with Gasteiger partial charge in [0.15, 0.2) is 0 Å². The first kappa shape index (κ1) is 14.3. The predicted octanol–water partition coefficient (Wildman–Crippen LogP) is 3.73. The second-order valence-corrected chi connectivity index (χ2v) is 4.65. The number of nitro benzene ring substituents is 1. The van der Waals surface area contributed by atoms with Gasteiger partial charge in [-0.15, -0.1) is 0 Å². The lowest BCUT2D eigenvalue weighted by Crippen LogP contribution is -2.02. The zero-order chi connectivity index (χ0) is 14.7. The van der Waals surface area contributed by atoms with Gasteiger partial charge in [-0.25, -0.2) is 0 Å². The number of nitrogens with zero attached hydrogens (tertiary/aromatic N) is 2. The van der Waals surface area contributed by atoms with Gasteiger partial charge in [-0.1, -0.05) is 35.3 Å². The van der Waals surface area contributed by atoms with Crippen LogP contribution in [0.1, 0.15) is 5.56 Å². The van der Waals surface area contributed by atoms with E-state index in [4.69, 9.17) is 23.2 Å². The lowest BCUT2D eigenvalue weighted by Gasteiger charge is -2.10. The molecular weight excluding hydrogens is 303 g/mol. The molecule has 0 aliphatic heterocycles. The number of rotatable bonds is 3. The molecule has 0 heterocycles. The van der Waals surface area contributed by atoms with Crippen LogP contribution in [-0.4, -0.2) is 11.1 Å². The summed E-state index contributed by atoms with van der Waals surface area (Å²) in [5.41, 5.74) is -0.0987. The number of aliphatic imine (C=N–C) groups is 1. The van der Waals surface area contributed by atoms with Crippen molar-refractivity contribution in [2.45, 2.75) is 0 Å². The van der Waals surface area contributed by atoms with Crippen molar-refractivity contribution in [2.24, 2.45) is 4.99 Å². The number of hydrogen-bond acceptors (Lipinski definition) is 4. The van der Waals surface area contributed by atoms with Crippen molar-refractivity contribution < 1.29 is 10.0 Å². The standard InChI is InChI=1S/C13H8Cl2N2O3/c14-9-5-8(13(18)12(6-9)17(19)20)7-16-11-4-2-1-3-10(11)15/h1-7,18H/p-1. The van der Waals surface area contributed by atoms with Gasteiger partial charge < -0.3 is 5.11 Å². The van der Waals surface area contributed by atoms with E-state index in [2.05, 4.69) is 4.99 Å². The molecule has 0 N–H and O–H groups in total. The third-order valence-electron chi connectivity index (χ3n) is 2.45. The molecule has 2 aromatic carbocycles. The minimum atomic E-state index is -0.777. The molecule has 2 aromatic rings. The monoisotopic (exact) mass is 309 g/mol. The molecule has 2 rings (SSSR count). The Bertz CT molecular complexity index is 702. The zero-order valence-electron chi connectivity index (χ0n) is 9.92. The normalized spacial score (nSPS) is 10.9. The van der Waals surface area contributed by atoms with Crippen molar-refractivity contribution in [1.82, 2.24) is 0 Å². The number of hydrogen-bond donors (Lipinski definition) is 0. The smallest absolute Gasteiger partial charge is 0.263 e. The van der Waals surface area contributed by atoms with Crippen molar-refractivity contribution in [3.05, 3.63) is 62.1 Å². The van der Waals surface area contributed by atoms with Crippen LogP contribution in [0.5, 0.6) is 5.75 Å². The van der Waals surface area contributed by atoms with Crippen molar-refractivity contribution in [3.8, 4) is 5.75 Å². The molecule has 0 aliphatic rings. The highest BCUT2D eigenvalue weighted by Gasteiger charge is 2.11. The highest BCUT2D eigenvalue weighted by molar-refractivity contribution is 6.33. The van der Waals surface area contributed by atoms with E-state index in [9.17, 15) is 15.2 Å². The third kappa shape index (κ3) is 3.07. The first-order valence-electron chi connectivity index (χ1n) is 5.42. The van der Waals surface area contributed by atoms with Gasteiger partial charge in [0.1, 0.15) is 0 Å². The van der Waals surface area contributed by atoms with Crippen LogP contribution in [-0.2, 0) is 0 Å². The van der Waals surface area contributed by atoms with Gasteiger partial charge in [0, 0.05) is 17.3 Å². The van der Waals surface area contributed by atoms with E-state index < -0.39 is 16.4 Å². The van der Waals surface area contributed by atoms with Crippen LogP contribution < -0.4 is 5.11 Å². The van der Waals surface area contributed by atoms with E-state index in [0.717, 1.165) is 6.07 Å². The van der Waals surface area contributed by atoms with Crippen molar-refractivity contribution in [2.75, 3.05) is 0 Å². The summed E-state index contributed by atoms with van der Waals surface area (Å²) in [6, 6.07) is 9.10. The minimum absolute atomic E-state index is 0.0316. The van der Waals surface area contributed by atoms with Crippen LogP contribution in [0.15, 0.2) is 41.4 Å². The molecule has 0 spiro atoms. The first-order valence-corrected chi connectivity index (χ1v) is 6.18. The number of benzene rings is 2. The highest BCUT2D eigenvalue weighted by Crippen LogP contribution is 2.31. The molecule has 0 saturated heterocycles. The molecule has 0 atom stereocenters. The summed E-state index contributed by atoms with van der Waals surface area (Å²) >= 11 is 11.7. The summed E-state index contributed by atoms with van der Waals surface area (Å²) in [4.78, 5) is 14.0. The van der Waals surface area contributed by atoms with Crippen LogP contribution >= 0.6 is 23.2 Å². The summed E-state index contributed by atoms with van der Waals surface area (Å²) in [6.45, 7) is 0. The second kappa shape index (κ2) is 5.90. The summed E-state index contributed by atoms with van der Waals surface area (Å²) in [7, 11) is 0. The van der Waals surface area contributed by atoms with Gasteiger partial charge >= 0.3 is 0 Å². The van der Waals surface area contributed by atoms with Crippen LogP contribution in [0.3, 0.4) is 0 Å². The van der Waals surface area contributed by atoms with Gasteiger partial charge in [0.2, 0.25) is 0 Å². The first-order chi connectivity index (χ1) is 9.49. The van der Waals surface area contributed by atoms with Gasteiger partial charge in [0.25, 0.3) is 5.69 Å².